The van der Waals surface area contributed by atoms with Crippen LogP contribution in [0.1, 0.15) is 11.1 Å². The zero-order valence-electron chi connectivity index (χ0n) is 18.8. The second-order valence-corrected chi connectivity index (χ2v) is 8.40. The van der Waals surface area contributed by atoms with Gasteiger partial charge >= 0.3 is 5.97 Å². The van der Waals surface area contributed by atoms with Crippen LogP contribution < -0.4 is 15.0 Å². The summed E-state index contributed by atoms with van der Waals surface area (Å²) in [6.45, 7) is 0. The van der Waals surface area contributed by atoms with E-state index in [0.29, 0.717) is 11.4 Å². The molecule has 5 rings (SSSR count). The third-order valence-corrected chi connectivity index (χ3v) is 6.80. The molecule has 34 heavy (non-hydrogen) atoms. The highest BCUT2D eigenvalue weighted by Gasteiger charge is 2.68. The molecule has 7 heteroatoms. The van der Waals surface area contributed by atoms with Gasteiger partial charge in [-0.05, 0) is 35.4 Å². The number of imide groups is 1. The second-order valence-electron chi connectivity index (χ2n) is 8.40. The van der Waals surface area contributed by atoms with Crippen molar-refractivity contribution in [3.05, 3.63) is 96.1 Å². The number of carbonyl (C=O) groups excluding carboxylic acids is 3. The van der Waals surface area contributed by atoms with Crippen molar-refractivity contribution in [2.45, 2.75) is 11.6 Å². The van der Waals surface area contributed by atoms with Crippen molar-refractivity contribution in [2.75, 3.05) is 19.1 Å². The number of methoxy groups -OCH3 is 2. The van der Waals surface area contributed by atoms with Crippen LogP contribution in [0, 0.1) is 11.8 Å². The van der Waals surface area contributed by atoms with Crippen molar-refractivity contribution in [1.29, 1.82) is 0 Å². The van der Waals surface area contributed by atoms with Gasteiger partial charge in [0.2, 0.25) is 11.8 Å². The fourth-order valence-corrected chi connectivity index (χ4v) is 5.32. The molecule has 1 N–H and O–H groups in total. The summed E-state index contributed by atoms with van der Waals surface area (Å²) in [5.74, 6) is -2.55. The molecule has 0 unspecified atom stereocenters. The first-order chi connectivity index (χ1) is 16.5. The highest BCUT2D eigenvalue weighted by atomic mass is 16.5. The molecule has 0 aliphatic carbocycles. The van der Waals surface area contributed by atoms with Gasteiger partial charge in [0, 0.05) is 0 Å². The molecule has 3 aromatic carbocycles. The van der Waals surface area contributed by atoms with E-state index in [1.807, 2.05) is 60.7 Å². The summed E-state index contributed by atoms with van der Waals surface area (Å²) in [7, 11) is 2.83. The van der Waals surface area contributed by atoms with E-state index < -0.39 is 35.3 Å². The largest absolute Gasteiger partial charge is 0.497 e. The Morgan fingerprint density at radius 2 is 1.38 bits per heavy atom. The predicted molar refractivity (Wildman–Crippen MR) is 125 cm³/mol. The van der Waals surface area contributed by atoms with E-state index in [-0.39, 0.29) is 5.91 Å². The summed E-state index contributed by atoms with van der Waals surface area (Å²) in [5.41, 5.74) is 0.921. The standard InChI is InChI=1S/C27H24N2O5/c1-33-20-15-13-19(14-16-20)29-24(30)21-22(25(29)31)27(17-9-5-3-6-10-17,18-11-7-4-8-12-18)28-23(21)26(32)34-2/h3-16,21-23,28H,1-2H3/t21-,22+,23+/m0/s1. The number of benzene rings is 3. The molecule has 7 nitrogen and oxygen atoms in total. The number of amides is 2. The third-order valence-electron chi connectivity index (χ3n) is 6.80. The van der Waals surface area contributed by atoms with Gasteiger partial charge in [-0.15, -0.1) is 0 Å². The maximum absolute atomic E-state index is 14.1. The van der Waals surface area contributed by atoms with E-state index in [2.05, 4.69) is 5.32 Å². The zero-order chi connectivity index (χ0) is 23.9. The topological polar surface area (TPSA) is 84.9 Å². The van der Waals surface area contributed by atoms with E-state index in [9.17, 15) is 14.4 Å². The van der Waals surface area contributed by atoms with Crippen LogP contribution in [0.5, 0.6) is 5.75 Å². The number of nitrogens with zero attached hydrogens (tertiary/aromatic N) is 1. The molecule has 2 amide bonds. The minimum atomic E-state index is -1.10. The highest BCUT2D eigenvalue weighted by Crippen LogP contribution is 2.52. The average molecular weight is 456 g/mol. The Morgan fingerprint density at radius 1 is 0.824 bits per heavy atom. The summed E-state index contributed by atoms with van der Waals surface area (Å²) in [6, 6.07) is 24.7. The van der Waals surface area contributed by atoms with Gasteiger partial charge in [0.15, 0.2) is 0 Å². The van der Waals surface area contributed by atoms with E-state index >= 15 is 0 Å². The lowest BCUT2D eigenvalue weighted by Crippen LogP contribution is -2.51. The zero-order valence-corrected chi connectivity index (χ0v) is 18.8. The van der Waals surface area contributed by atoms with Gasteiger partial charge in [-0.1, -0.05) is 60.7 Å². The van der Waals surface area contributed by atoms with Crippen molar-refractivity contribution >= 4 is 23.5 Å². The fraction of sp³-hybridized carbons (Fsp3) is 0.222. The number of anilines is 1. The molecular formula is C27H24N2O5. The van der Waals surface area contributed by atoms with E-state index in [0.717, 1.165) is 11.1 Å². The van der Waals surface area contributed by atoms with Crippen molar-refractivity contribution in [3.8, 4) is 5.75 Å². The molecule has 0 spiro atoms. The molecular weight excluding hydrogens is 432 g/mol. The smallest absolute Gasteiger partial charge is 0.323 e. The van der Waals surface area contributed by atoms with Gasteiger partial charge < -0.3 is 9.47 Å². The van der Waals surface area contributed by atoms with Crippen molar-refractivity contribution in [3.63, 3.8) is 0 Å². The first-order valence-electron chi connectivity index (χ1n) is 11.0. The Labute approximate surface area is 197 Å². The van der Waals surface area contributed by atoms with E-state index in [1.54, 1.807) is 31.4 Å². The fourth-order valence-electron chi connectivity index (χ4n) is 5.32. The predicted octanol–water partition coefficient (Wildman–Crippen LogP) is 2.89. The first kappa shape index (κ1) is 21.9. The minimum absolute atomic E-state index is 0.369. The van der Waals surface area contributed by atoms with Crippen molar-refractivity contribution in [2.24, 2.45) is 11.8 Å². The number of ether oxygens (including phenoxy) is 2. The van der Waals surface area contributed by atoms with Gasteiger partial charge in [0.1, 0.15) is 11.8 Å². The average Bonchev–Trinajstić information content (AvgIpc) is 3.39. The van der Waals surface area contributed by atoms with E-state index in [1.165, 1.54) is 12.0 Å². The first-order valence-corrected chi connectivity index (χ1v) is 11.0. The highest BCUT2D eigenvalue weighted by molar-refractivity contribution is 6.24. The van der Waals surface area contributed by atoms with Crippen LogP contribution >= 0.6 is 0 Å². The number of hydrogen-bond donors (Lipinski definition) is 1. The van der Waals surface area contributed by atoms with Gasteiger partial charge in [-0.2, -0.15) is 0 Å². The van der Waals surface area contributed by atoms with Gasteiger partial charge in [0.25, 0.3) is 0 Å². The summed E-state index contributed by atoms with van der Waals surface area (Å²) in [4.78, 5) is 41.9. The maximum Gasteiger partial charge on any atom is 0.323 e. The second kappa shape index (κ2) is 8.43. The molecule has 0 saturated carbocycles. The number of esters is 1. The molecule has 172 valence electrons. The summed E-state index contributed by atoms with van der Waals surface area (Å²) in [6.07, 6.45) is 0. The Balaban J connectivity index is 1.72. The monoisotopic (exact) mass is 456 g/mol. The third kappa shape index (κ3) is 3.12. The Bertz CT molecular complexity index is 1190. The SMILES string of the molecule is COC(=O)[C@@H]1NC(c2ccccc2)(c2ccccc2)[C@H]2C(=O)N(c3ccc(OC)cc3)C(=O)[C@H]12. The van der Waals surface area contributed by atoms with Gasteiger partial charge in [0.05, 0.1) is 37.3 Å². The lowest BCUT2D eigenvalue weighted by atomic mass is 9.72. The van der Waals surface area contributed by atoms with Crippen LogP contribution in [-0.2, 0) is 24.7 Å². The Kier molecular flexibility index (Phi) is 5.42. The van der Waals surface area contributed by atoms with Crippen LogP contribution in [-0.4, -0.2) is 38.0 Å². The number of rotatable bonds is 5. The summed E-state index contributed by atoms with van der Waals surface area (Å²) >= 11 is 0. The molecule has 0 aromatic heterocycles. The van der Waals surface area contributed by atoms with Crippen molar-refractivity contribution < 1.29 is 23.9 Å². The Hall–Kier alpha value is -3.97. The molecule has 2 fully saturated rings. The molecule has 0 radical (unpaired) electrons. The number of fused-ring (bicyclic) bond motifs is 1. The van der Waals surface area contributed by atoms with Crippen molar-refractivity contribution in [1.82, 2.24) is 5.32 Å². The number of nitrogens with one attached hydrogen (secondary N) is 1. The van der Waals surface area contributed by atoms with Crippen LogP contribution in [0.3, 0.4) is 0 Å². The lowest BCUT2D eigenvalue weighted by Gasteiger charge is -2.36. The van der Waals surface area contributed by atoms with Crippen LogP contribution in [0.15, 0.2) is 84.9 Å². The summed E-state index contributed by atoms with van der Waals surface area (Å²) < 4.78 is 10.3. The lowest BCUT2D eigenvalue weighted by molar-refractivity contribution is -0.145. The van der Waals surface area contributed by atoms with Gasteiger partial charge in [-0.3, -0.25) is 19.7 Å². The normalized spacial score (nSPS) is 23.0. The molecule has 2 aliphatic heterocycles. The minimum Gasteiger partial charge on any atom is -0.497 e. The summed E-state index contributed by atoms with van der Waals surface area (Å²) in [5, 5.41) is 3.38. The molecule has 3 atom stereocenters. The molecule has 2 saturated heterocycles. The maximum atomic E-state index is 14.1. The molecule has 2 aliphatic rings. The number of carbonyl (C=O) groups is 3. The van der Waals surface area contributed by atoms with Crippen LogP contribution in [0.25, 0.3) is 0 Å². The van der Waals surface area contributed by atoms with Crippen LogP contribution in [0.2, 0.25) is 0 Å². The number of hydrogen-bond acceptors (Lipinski definition) is 6. The van der Waals surface area contributed by atoms with E-state index in [4.69, 9.17) is 9.47 Å². The van der Waals surface area contributed by atoms with Crippen LogP contribution in [0.4, 0.5) is 5.69 Å². The quantitative estimate of drug-likeness (QED) is 0.470. The van der Waals surface area contributed by atoms with Gasteiger partial charge in [-0.25, -0.2) is 4.90 Å². The molecule has 0 bridgehead atoms. The Morgan fingerprint density at radius 3 is 1.88 bits per heavy atom. The molecule has 3 aromatic rings. The molecule has 2 heterocycles.